The van der Waals surface area contributed by atoms with Gasteiger partial charge in [0.05, 0.1) is 5.30 Å². The molecule has 4 aromatic rings. The molecule has 0 amide bonds. The van der Waals surface area contributed by atoms with Crippen LogP contribution in [0.15, 0.2) is 78.9 Å². The molecule has 0 fully saturated rings. The van der Waals surface area contributed by atoms with E-state index in [-0.39, 0.29) is 0 Å². The molecule has 0 aliphatic carbocycles. The minimum Gasteiger partial charge on any atom is -0.456 e. The predicted molar refractivity (Wildman–Crippen MR) is 103 cm³/mol. The van der Waals surface area contributed by atoms with Crippen LogP contribution in [0.25, 0.3) is 10.8 Å². The highest BCUT2D eigenvalue weighted by Crippen LogP contribution is 2.53. The summed E-state index contributed by atoms with van der Waals surface area (Å²) in [6.45, 7) is 0. The zero-order chi connectivity index (χ0) is 16.4. The van der Waals surface area contributed by atoms with Crippen molar-refractivity contribution < 1.29 is 9.47 Å². The maximum atomic E-state index is 6.39. The third kappa shape index (κ3) is 1.78. The number of para-hydroxylation sites is 1. The molecule has 118 valence electrons. The molecule has 6 rings (SSSR count). The normalized spacial score (nSPS) is 16.2. The van der Waals surface area contributed by atoms with Crippen molar-refractivity contribution in [2.24, 2.45) is 0 Å². The standard InChI is InChI=1S/C22H13O2P/c1-2-7-15-14(6-1)12-13-20-21(15)24-18-10-5-9-17-22(18)25(20)19-11-4-3-8-16(19)23-17/h1-13H. The van der Waals surface area contributed by atoms with Gasteiger partial charge in [0.1, 0.15) is 23.0 Å². The highest BCUT2D eigenvalue weighted by atomic mass is 31.1. The molecule has 2 aliphatic heterocycles. The van der Waals surface area contributed by atoms with Gasteiger partial charge >= 0.3 is 0 Å². The first-order valence-corrected chi connectivity index (χ1v) is 9.64. The first-order chi connectivity index (χ1) is 12.4. The number of fused-ring (bicyclic) bond motifs is 6. The van der Waals surface area contributed by atoms with Crippen LogP contribution in [0.2, 0.25) is 0 Å². The van der Waals surface area contributed by atoms with Gasteiger partial charge in [-0.15, -0.1) is 0 Å². The van der Waals surface area contributed by atoms with E-state index in [1.54, 1.807) is 0 Å². The molecule has 0 bridgehead atoms. The molecule has 2 heterocycles. The van der Waals surface area contributed by atoms with Gasteiger partial charge in [-0.1, -0.05) is 54.6 Å². The van der Waals surface area contributed by atoms with Gasteiger partial charge in [0.2, 0.25) is 0 Å². The van der Waals surface area contributed by atoms with Crippen LogP contribution in [0.5, 0.6) is 23.0 Å². The number of ether oxygens (including phenoxy) is 2. The maximum absolute atomic E-state index is 6.39. The Balaban J connectivity index is 1.73. The third-order valence-electron chi connectivity index (χ3n) is 4.82. The molecule has 0 saturated heterocycles. The fourth-order valence-corrected chi connectivity index (χ4v) is 6.32. The molecular weight excluding hydrogens is 327 g/mol. The highest BCUT2D eigenvalue weighted by molar-refractivity contribution is 7.80. The van der Waals surface area contributed by atoms with Crippen molar-refractivity contribution in [3.05, 3.63) is 78.9 Å². The molecule has 1 unspecified atom stereocenters. The largest absolute Gasteiger partial charge is 0.456 e. The van der Waals surface area contributed by atoms with Crippen molar-refractivity contribution >= 4 is 34.6 Å². The summed E-state index contributed by atoms with van der Waals surface area (Å²) in [6.07, 6.45) is 0. The Morgan fingerprint density at radius 1 is 0.560 bits per heavy atom. The van der Waals surface area contributed by atoms with Crippen molar-refractivity contribution in [1.29, 1.82) is 0 Å². The number of benzene rings is 4. The van der Waals surface area contributed by atoms with E-state index in [9.17, 15) is 0 Å². The first kappa shape index (κ1) is 13.5. The molecule has 1 atom stereocenters. The lowest BCUT2D eigenvalue weighted by atomic mass is 10.1. The summed E-state index contributed by atoms with van der Waals surface area (Å²) < 4.78 is 12.6. The van der Waals surface area contributed by atoms with Gasteiger partial charge < -0.3 is 9.47 Å². The van der Waals surface area contributed by atoms with Crippen LogP contribution in [0.3, 0.4) is 0 Å². The summed E-state index contributed by atoms with van der Waals surface area (Å²) in [5, 5.41) is 6.10. The molecule has 2 aliphatic rings. The Labute approximate surface area is 146 Å². The van der Waals surface area contributed by atoms with E-state index >= 15 is 0 Å². The third-order valence-corrected chi connectivity index (χ3v) is 7.40. The van der Waals surface area contributed by atoms with Crippen LogP contribution in [0.4, 0.5) is 0 Å². The van der Waals surface area contributed by atoms with Gasteiger partial charge in [-0.2, -0.15) is 0 Å². The van der Waals surface area contributed by atoms with E-state index in [0.29, 0.717) is 0 Å². The Morgan fingerprint density at radius 2 is 1.32 bits per heavy atom. The van der Waals surface area contributed by atoms with Gasteiger partial charge in [0.25, 0.3) is 0 Å². The van der Waals surface area contributed by atoms with Gasteiger partial charge in [0.15, 0.2) is 0 Å². The lowest BCUT2D eigenvalue weighted by molar-refractivity contribution is 0.469. The lowest BCUT2D eigenvalue weighted by Crippen LogP contribution is -2.31. The van der Waals surface area contributed by atoms with Gasteiger partial charge in [-0.3, -0.25) is 0 Å². The quantitative estimate of drug-likeness (QED) is 0.370. The second kappa shape index (κ2) is 4.84. The zero-order valence-corrected chi connectivity index (χ0v) is 14.2. The van der Waals surface area contributed by atoms with E-state index in [0.717, 1.165) is 23.0 Å². The molecule has 0 spiro atoms. The van der Waals surface area contributed by atoms with Crippen LogP contribution in [0, 0.1) is 0 Å². The summed E-state index contributed by atoms with van der Waals surface area (Å²) in [6, 6.07) is 27.3. The molecule has 2 nitrogen and oxygen atoms in total. The molecular formula is C22H13O2P. The van der Waals surface area contributed by atoms with E-state index in [2.05, 4.69) is 60.7 Å². The fourth-order valence-electron chi connectivity index (χ4n) is 3.73. The van der Waals surface area contributed by atoms with E-state index in [1.807, 2.05) is 18.2 Å². The number of rotatable bonds is 0. The van der Waals surface area contributed by atoms with Gasteiger partial charge in [-0.25, -0.2) is 0 Å². The molecule has 0 N–H and O–H groups in total. The summed E-state index contributed by atoms with van der Waals surface area (Å²) in [4.78, 5) is 0. The second-order valence-electron chi connectivity index (χ2n) is 6.25. The van der Waals surface area contributed by atoms with Crippen molar-refractivity contribution in [2.75, 3.05) is 0 Å². The average Bonchev–Trinajstić information content (AvgIpc) is 2.67. The van der Waals surface area contributed by atoms with Crippen molar-refractivity contribution in [2.45, 2.75) is 0 Å². The minimum atomic E-state index is -0.674. The molecule has 0 radical (unpaired) electrons. The van der Waals surface area contributed by atoms with E-state index < -0.39 is 7.92 Å². The van der Waals surface area contributed by atoms with Crippen molar-refractivity contribution in [3.63, 3.8) is 0 Å². The Bertz CT molecular complexity index is 1170. The first-order valence-electron chi connectivity index (χ1n) is 8.30. The van der Waals surface area contributed by atoms with Crippen LogP contribution in [0.1, 0.15) is 0 Å². The minimum absolute atomic E-state index is 0.674. The fraction of sp³-hybridized carbons (Fsp3) is 0. The summed E-state index contributed by atoms with van der Waals surface area (Å²) in [5.74, 6) is 3.79. The van der Waals surface area contributed by atoms with Crippen LogP contribution in [-0.2, 0) is 0 Å². The smallest absolute Gasteiger partial charge is 0.143 e. The number of hydrogen-bond acceptors (Lipinski definition) is 2. The summed E-state index contributed by atoms with van der Waals surface area (Å²) in [7, 11) is -0.674. The van der Waals surface area contributed by atoms with Crippen LogP contribution in [-0.4, -0.2) is 0 Å². The second-order valence-corrected chi connectivity index (χ2v) is 8.33. The molecule has 3 heteroatoms. The highest BCUT2D eigenvalue weighted by Gasteiger charge is 2.37. The summed E-state index contributed by atoms with van der Waals surface area (Å²) in [5.41, 5.74) is 0. The molecule has 4 aromatic carbocycles. The van der Waals surface area contributed by atoms with E-state index in [4.69, 9.17) is 9.47 Å². The van der Waals surface area contributed by atoms with Crippen molar-refractivity contribution in [3.8, 4) is 23.0 Å². The molecule has 0 aromatic heterocycles. The Morgan fingerprint density at radius 3 is 2.28 bits per heavy atom. The topological polar surface area (TPSA) is 18.5 Å². The zero-order valence-electron chi connectivity index (χ0n) is 13.3. The molecule has 25 heavy (non-hydrogen) atoms. The van der Waals surface area contributed by atoms with Crippen LogP contribution >= 0.6 is 7.92 Å². The maximum Gasteiger partial charge on any atom is 0.143 e. The van der Waals surface area contributed by atoms with Crippen molar-refractivity contribution in [1.82, 2.24) is 0 Å². The van der Waals surface area contributed by atoms with Gasteiger partial charge in [-0.05, 0) is 29.7 Å². The molecule has 0 saturated carbocycles. The lowest BCUT2D eigenvalue weighted by Gasteiger charge is -2.34. The van der Waals surface area contributed by atoms with Gasteiger partial charge in [0, 0.05) is 23.9 Å². The predicted octanol–water partition coefficient (Wildman–Crippen LogP) is 4.81. The Hall–Kier alpha value is -2.83. The summed E-state index contributed by atoms with van der Waals surface area (Å²) >= 11 is 0. The van der Waals surface area contributed by atoms with Crippen LogP contribution < -0.4 is 25.4 Å². The monoisotopic (exact) mass is 340 g/mol. The Kier molecular flexibility index (Phi) is 2.61. The average molecular weight is 340 g/mol. The van der Waals surface area contributed by atoms with E-state index in [1.165, 1.54) is 26.7 Å². The number of hydrogen-bond donors (Lipinski definition) is 0. The SMILES string of the molecule is c1ccc2c(c1)Oc1cccc3c1P2c1ccc2ccccc2c1O3.